The van der Waals surface area contributed by atoms with Crippen molar-refractivity contribution in [1.82, 2.24) is 10.6 Å². The van der Waals surface area contributed by atoms with Gasteiger partial charge in [0.1, 0.15) is 6.54 Å². The fraction of sp³-hybridized carbons (Fsp3) is 0.750. The lowest BCUT2D eigenvalue weighted by Gasteiger charge is -2.04. The number of nitrogens with zero attached hydrogens (tertiary/aromatic N) is 1. The third-order valence-electron chi connectivity index (χ3n) is 2.32. The van der Waals surface area contributed by atoms with Gasteiger partial charge >= 0.3 is 0 Å². The van der Waals surface area contributed by atoms with E-state index in [0.717, 1.165) is 19.3 Å². The molecule has 0 heterocycles. The summed E-state index contributed by atoms with van der Waals surface area (Å²) in [6, 6.07) is 1.80. The van der Waals surface area contributed by atoms with Crippen molar-refractivity contribution < 1.29 is 9.59 Å². The van der Waals surface area contributed by atoms with E-state index in [1.807, 2.05) is 0 Å². The molecular weight excluding hydrogens is 218 g/mol. The van der Waals surface area contributed by atoms with Gasteiger partial charge in [-0.05, 0) is 6.42 Å². The number of nitrogens with one attached hydrogen (secondary N) is 2. The van der Waals surface area contributed by atoms with Crippen LogP contribution in [0.2, 0.25) is 0 Å². The molecule has 2 amide bonds. The quantitative estimate of drug-likeness (QED) is 0.467. The molecule has 0 aliphatic heterocycles. The Bertz CT molecular complexity index is 271. The van der Waals surface area contributed by atoms with Crippen molar-refractivity contribution in [2.45, 2.75) is 45.4 Å². The first-order chi connectivity index (χ1) is 8.20. The first-order valence-electron chi connectivity index (χ1n) is 6.11. The summed E-state index contributed by atoms with van der Waals surface area (Å²) in [5.41, 5.74) is 0. The monoisotopic (exact) mass is 239 g/mol. The Kier molecular flexibility index (Phi) is 9.92. The van der Waals surface area contributed by atoms with Crippen LogP contribution >= 0.6 is 0 Å². The number of carbonyl (C=O) groups is 2. The molecule has 0 saturated carbocycles. The molecule has 17 heavy (non-hydrogen) atoms. The number of amides is 2. The van der Waals surface area contributed by atoms with E-state index in [4.69, 9.17) is 5.26 Å². The molecule has 0 aliphatic carbocycles. The van der Waals surface area contributed by atoms with Crippen LogP contribution in [0.3, 0.4) is 0 Å². The molecular formula is C12H21N3O2. The molecule has 96 valence electrons. The lowest BCUT2D eigenvalue weighted by atomic mass is 10.1. The van der Waals surface area contributed by atoms with E-state index in [2.05, 4.69) is 17.6 Å². The van der Waals surface area contributed by atoms with E-state index in [1.165, 1.54) is 12.8 Å². The Hall–Kier alpha value is -1.57. The topological polar surface area (TPSA) is 82.0 Å². The summed E-state index contributed by atoms with van der Waals surface area (Å²) in [6.07, 6.45) is 5.94. The lowest BCUT2D eigenvalue weighted by Crippen LogP contribution is -2.36. The van der Waals surface area contributed by atoms with Gasteiger partial charge in [-0.1, -0.05) is 32.6 Å². The highest BCUT2D eigenvalue weighted by Crippen LogP contribution is 2.04. The summed E-state index contributed by atoms with van der Waals surface area (Å²) < 4.78 is 0. The van der Waals surface area contributed by atoms with E-state index in [-0.39, 0.29) is 24.9 Å². The molecule has 5 nitrogen and oxygen atoms in total. The molecule has 0 aromatic rings. The summed E-state index contributed by atoms with van der Waals surface area (Å²) in [7, 11) is 0. The van der Waals surface area contributed by atoms with Crippen molar-refractivity contribution in [3.63, 3.8) is 0 Å². The zero-order valence-corrected chi connectivity index (χ0v) is 10.4. The Morgan fingerprint density at radius 1 is 1.06 bits per heavy atom. The first-order valence-corrected chi connectivity index (χ1v) is 6.11. The minimum atomic E-state index is -0.328. The summed E-state index contributed by atoms with van der Waals surface area (Å²) in [5.74, 6) is -0.431. The van der Waals surface area contributed by atoms with Gasteiger partial charge in [0.15, 0.2) is 0 Å². The molecule has 0 aromatic heterocycles. The number of unbranched alkanes of at least 4 members (excludes halogenated alkanes) is 4. The number of rotatable bonds is 9. The molecule has 0 spiro atoms. The Labute approximate surface area is 103 Å². The summed E-state index contributed by atoms with van der Waals surface area (Å²) in [4.78, 5) is 22.3. The van der Waals surface area contributed by atoms with Gasteiger partial charge in [0, 0.05) is 6.42 Å². The van der Waals surface area contributed by atoms with Crippen molar-refractivity contribution in [3.8, 4) is 6.07 Å². The number of hydrogen-bond donors (Lipinski definition) is 2. The maximum absolute atomic E-state index is 11.3. The third-order valence-corrected chi connectivity index (χ3v) is 2.32. The molecule has 0 aliphatic rings. The molecule has 0 radical (unpaired) electrons. The van der Waals surface area contributed by atoms with Crippen molar-refractivity contribution >= 4 is 11.8 Å². The standard InChI is InChI=1S/C12H21N3O2/c1-2-3-4-5-6-7-11(16)15-10-12(17)14-9-8-13/h2-7,9-10H2,1H3,(H,14,17)(H,15,16). The largest absolute Gasteiger partial charge is 0.347 e. The summed E-state index contributed by atoms with van der Waals surface area (Å²) in [6.45, 7) is 2.08. The van der Waals surface area contributed by atoms with Gasteiger partial charge in [-0.2, -0.15) is 5.26 Å². The second kappa shape index (κ2) is 10.9. The summed E-state index contributed by atoms with van der Waals surface area (Å²) >= 11 is 0. The molecule has 0 aromatic carbocycles. The van der Waals surface area contributed by atoms with Crippen LogP contribution in [0, 0.1) is 11.3 Å². The Morgan fingerprint density at radius 3 is 2.41 bits per heavy atom. The van der Waals surface area contributed by atoms with Crippen LogP contribution in [0.25, 0.3) is 0 Å². The van der Waals surface area contributed by atoms with Gasteiger partial charge < -0.3 is 10.6 Å². The average molecular weight is 239 g/mol. The van der Waals surface area contributed by atoms with Gasteiger partial charge in [-0.15, -0.1) is 0 Å². The highest BCUT2D eigenvalue weighted by molar-refractivity contribution is 5.84. The van der Waals surface area contributed by atoms with Crippen LogP contribution in [0.4, 0.5) is 0 Å². The second-order valence-electron chi connectivity index (χ2n) is 3.88. The fourth-order valence-corrected chi connectivity index (χ4v) is 1.36. The molecule has 0 rings (SSSR count). The Balaban J connectivity index is 3.40. The lowest BCUT2D eigenvalue weighted by molar-refractivity contribution is -0.126. The van der Waals surface area contributed by atoms with E-state index < -0.39 is 0 Å². The van der Waals surface area contributed by atoms with E-state index in [1.54, 1.807) is 6.07 Å². The summed E-state index contributed by atoms with van der Waals surface area (Å²) in [5, 5.41) is 13.1. The molecule has 0 fully saturated rings. The molecule has 0 atom stereocenters. The molecule has 5 heteroatoms. The third kappa shape index (κ3) is 10.7. The SMILES string of the molecule is CCCCCCCC(=O)NCC(=O)NCC#N. The highest BCUT2D eigenvalue weighted by atomic mass is 16.2. The van der Waals surface area contributed by atoms with E-state index >= 15 is 0 Å². The fourth-order valence-electron chi connectivity index (χ4n) is 1.36. The van der Waals surface area contributed by atoms with E-state index in [9.17, 15) is 9.59 Å². The molecule has 0 unspecified atom stereocenters. The normalized spacial score (nSPS) is 9.41. The van der Waals surface area contributed by atoms with Crippen LogP contribution in [-0.2, 0) is 9.59 Å². The predicted octanol–water partition coefficient (Wildman–Crippen LogP) is 1.10. The molecule has 0 saturated heterocycles. The first kappa shape index (κ1) is 15.4. The smallest absolute Gasteiger partial charge is 0.240 e. The highest BCUT2D eigenvalue weighted by Gasteiger charge is 2.04. The zero-order valence-electron chi connectivity index (χ0n) is 10.4. The zero-order chi connectivity index (χ0) is 12.9. The maximum Gasteiger partial charge on any atom is 0.240 e. The minimum absolute atomic E-state index is 0.0221. The minimum Gasteiger partial charge on any atom is -0.347 e. The van der Waals surface area contributed by atoms with Crippen molar-refractivity contribution in [2.24, 2.45) is 0 Å². The van der Waals surface area contributed by atoms with Gasteiger partial charge in [0.25, 0.3) is 0 Å². The van der Waals surface area contributed by atoms with Crippen molar-refractivity contribution in [3.05, 3.63) is 0 Å². The van der Waals surface area contributed by atoms with Crippen LogP contribution in [0.5, 0.6) is 0 Å². The van der Waals surface area contributed by atoms with Gasteiger partial charge in [0.05, 0.1) is 12.6 Å². The van der Waals surface area contributed by atoms with Gasteiger partial charge in [-0.3, -0.25) is 9.59 Å². The average Bonchev–Trinajstić information content (AvgIpc) is 2.33. The second-order valence-corrected chi connectivity index (χ2v) is 3.88. The maximum atomic E-state index is 11.3. The van der Waals surface area contributed by atoms with Crippen molar-refractivity contribution in [2.75, 3.05) is 13.1 Å². The van der Waals surface area contributed by atoms with Crippen LogP contribution in [0.15, 0.2) is 0 Å². The molecule has 2 N–H and O–H groups in total. The van der Waals surface area contributed by atoms with Crippen LogP contribution < -0.4 is 10.6 Å². The molecule has 0 bridgehead atoms. The van der Waals surface area contributed by atoms with Crippen molar-refractivity contribution in [1.29, 1.82) is 5.26 Å². The number of hydrogen-bond acceptors (Lipinski definition) is 3. The number of carbonyl (C=O) groups excluding carboxylic acids is 2. The van der Waals surface area contributed by atoms with Gasteiger partial charge in [-0.25, -0.2) is 0 Å². The van der Waals surface area contributed by atoms with Crippen LogP contribution in [-0.4, -0.2) is 24.9 Å². The van der Waals surface area contributed by atoms with Gasteiger partial charge in [0.2, 0.25) is 11.8 Å². The van der Waals surface area contributed by atoms with E-state index in [0.29, 0.717) is 6.42 Å². The predicted molar refractivity (Wildman–Crippen MR) is 65.0 cm³/mol. The van der Waals surface area contributed by atoms with Crippen LogP contribution in [0.1, 0.15) is 45.4 Å². The Morgan fingerprint density at radius 2 is 1.76 bits per heavy atom. The number of nitriles is 1.